The summed E-state index contributed by atoms with van der Waals surface area (Å²) in [5.74, 6) is 0.180. The van der Waals surface area contributed by atoms with Crippen LogP contribution in [0.15, 0.2) is 48.5 Å². The van der Waals surface area contributed by atoms with Crippen molar-refractivity contribution in [2.45, 2.75) is 26.2 Å². The van der Waals surface area contributed by atoms with E-state index in [1.165, 1.54) is 18.3 Å². The minimum Gasteiger partial charge on any atom is -0.493 e. The molecule has 1 unspecified atom stereocenters. The van der Waals surface area contributed by atoms with Gasteiger partial charge in [0.05, 0.1) is 29.2 Å². The molecule has 2 aromatic carbocycles. The summed E-state index contributed by atoms with van der Waals surface area (Å²) < 4.78 is 6.49. The third-order valence-corrected chi connectivity index (χ3v) is 6.35. The molecule has 8 nitrogen and oxygen atoms in total. The summed E-state index contributed by atoms with van der Waals surface area (Å²) in [6.45, 7) is 2.81. The van der Waals surface area contributed by atoms with Crippen molar-refractivity contribution in [3.63, 3.8) is 0 Å². The Balaban J connectivity index is 1.30. The number of likely N-dealkylation sites (tertiary alicyclic amines) is 1. The lowest BCUT2D eigenvalue weighted by Crippen LogP contribution is -2.44. The van der Waals surface area contributed by atoms with Gasteiger partial charge in [-0.1, -0.05) is 29.5 Å². The van der Waals surface area contributed by atoms with Crippen molar-refractivity contribution in [3.05, 3.63) is 48.5 Å². The summed E-state index contributed by atoms with van der Waals surface area (Å²) in [4.78, 5) is 42.9. The molecular weight excluding hydrogens is 440 g/mol. The lowest BCUT2D eigenvalue weighted by Gasteiger charge is -2.32. The summed E-state index contributed by atoms with van der Waals surface area (Å²) in [6, 6.07) is 14.8. The van der Waals surface area contributed by atoms with Gasteiger partial charge in [-0.25, -0.2) is 4.98 Å². The van der Waals surface area contributed by atoms with Gasteiger partial charge in [0.1, 0.15) is 5.75 Å². The molecule has 33 heavy (non-hydrogen) atoms. The molecular formula is C24H26N4O4S. The molecule has 0 spiro atoms. The van der Waals surface area contributed by atoms with E-state index in [1.807, 2.05) is 42.5 Å². The number of thiazole rings is 1. The van der Waals surface area contributed by atoms with Gasteiger partial charge in [0.15, 0.2) is 5.13 Å². The van der Waals surface area contributed by atoms with Crippen LogP contribution in [0.5, 0.6) is 5.75 Å². The lowest BCUT2D eigenvalue weighted by molar-refractivity contribution is -0.135. The first-order chi connectivity index (χ1) is 16.0. The fraction of sp³-hybridized carbons (Fsp3) is 0.333. The van der Waals surface area contributed by atoms with E-state index < -0.39 is 0 Å². The number of hydrogen-bond acceptors (Lipinski definition) is 6. The molecule has 1 aliphatic heterocycles. The maximum Gasteiger partial charge on any atom is 0.231 e. The van der Waals surface area contributed by atoms with Crippen molar-refractivity contribution in [2.75, 3.05) is 30.3 Å². The summed E-state index contributed by atoms with van der Waals surface area (Å²) in [6.07, 6.45) is 1.79. The van der Waals surface area contributed by atoms with Crippen molar-refractivity contribution in [2.24, 2.45) is 5.92 Å². The van der Waals surface area contributed by atoms with Gasteiger partial charge in [-0.2, -0.15) is 0 Å². The van der Waals surface area contributed by atoms with Gasteiger partial charge in [0.2, 0.25) is 17.7 Å². The van der Waals surface area contributed by atoms with Crippen LogP contribution in [0.4, 0.5) is 10.8 Å². The van der Waals surface area contributed by atoms with Crippen molar-refractivity contribution in [1.82, 2.24) is 9.88 Å². The molecule has 1 aliphatic rings. The number of nitrogens with one attached hydrogen (secondary N) is 2. The minimum atomic E-state index is -0.278. The zero-order valence-corrected chi connectivity index (χ0v) is 19.2. The predicted molar refractivity (Wildman–Crippen MR) is 128 cm³/mol. The van der Waals surface area contributed by atoms with Gasteiger partial charge < -0.3 is 20.3 Å². The van der Waals surface area contributed by atoms with Crippen molar-refractivity contribution < 1.29 is 19.1 Å². The summed E-state index contributed by atoms with van der Waals surface area (Å²) in [5.41, 5.74) is 1.44. The molecule has 172 valence electrons. The maximum absolute atomic E-state index is 12.9. The zero-order chi connectivity index (χ0) is 23.2. The highest BCUT2D eigenvalue weighted by atomic mass is 32.1. The molecule has 9 heteroatoms. The van der Waals surface area contributed by atoms with Crippen molar-refractivity contribution in [3.8, 4) is 5.75 Å². The molecule has 1 atom stereocenters. The number of amides is 3. The van der Waals surface area contributed by atoms with E-state index >= 15 is 0 Å². The number of ether oxygens (including phenoxy) is 1. The van der Waals surface area contributed by atoms with E-state index in [1.54, 1.807) is 11.0 Å². The van der Waals surface area contributed by atoms with Crippen molar-refractivity contribution in [1.29, 1.82) is 0 Å². The first-order valence-electron chi connectivity index (χ1n) is 10.9. The van der Waals surface area contributed by atoms with E-state index in [9.17, 15) is 14.4 Å². The highest BCUT2D eigenvalue weighted by molar-refractivity contribution is 7.22. The van der Waals surface area contributed by atoms with Crippen LogP contribution in [0, 0.1) is 5.92 Å². The minimum absolute atomic E-state index is 0.00563. The van der Waals surface area contributed by atoms with E-state index in [2.05, 4.69) is 15.6 Å². The molecule has 1 aromatic heterocycles. The Labute approximate surface area is 195 Å². The largest absolute Gasteiger partial charge is 0.493 e. The Morgan fingerprint density at radius 2 is 1.97 bits per heavy atom. The second-order valence-electron chi connectivity index (χ2n) is 7.96. The van der Waals surface area contributed by atoms with Gasteiger partial charge in [-0.3, -0.25) is 14.4 Å². The van der Waals surface area contributed by atoms with Gasteiger partial charge in [0, 0.05) is 25.7 Å². The molecule has 2 heterocycles. The Kier molecular flexibility index (Phi) is 7.19. The Morgan fingerprint density at radius 1 is 1.15 bits per heavy atom. The topological polar surface area (TPSA) is 101 Å². The lowest BCUT2D eigenvalue weighted by atomic mass is 9.97. The van der Waals surface area contributed by atoms with E-state index in [0.717, 1.165) is 28.8 Å². The molecule has 4 rings (SSSR count). The predicted octanol–water partition coefficient (Wildman–Crippen LogP) is 3.90. The number of aromatic nitrogens is 1. The first kappa shape index (κ1) is 22.7. The van der Waals surface area contributed by atoms with E-state index in [-0.39, 0.29) is 30.1 Å². The normalized spacial score (nSPS) is 15.8. The van der Waals surface area contributed by atoms with Gasteiger partial charge >= 0.3 is 0 Å². The first-order valence-corrected chi connectivity index (χ1v) is 11.7. The molecule has 0 bridgehead atoms. The van der Waals surface area contributed by atoms with E-state index in [4.69, 9.17) is 4.74 Å². The number of hydrogen-bond donors (Lipinski definition) is 2. The quantitative estimate of drug-likeness (QED) is 0.550. The smallest absolute Gasteiger partial charge is 0.231 e. The van der Waals surface area contributed by atoms with Crippen LogP contribution in [-0.4, -0.2) is 47.3 Å². The number of fused-ring (bicyclic) bond motifs is 1. The highest BCUT2D eigenvalue weighted by Crippen LogP contribution is 2.29. The van der Waals surface area contributed by atoms with Gasteiger partial charge in [0.25, 0.3) is 0 Å². The Hall–Kier alpha value is -3.46. The van der Waals surface area contributed by atoms with Crippen LogP contribution in [-0.2, 0) is 14.4 Å². The van der Waals surface area contributed by atoms with Crippen LogP contribution < -0.4 is 15.4 Å². The molecule has 0 radical (unpaired) electrons. The zero-order valence-electron chi connectivity index (χ0n) is 18.4. The third kappa shape index (κ3) is 6.07. The van der Waals surface area contributed by atoms with Crippen molar-refractivity contribution >= 4 is 50.1 Å². The van der Waals surface area contributed by atoms with E-state index in [0.29, 0.717) is 30.5 Å². The van der Waals surface area contributed by atoms with Crippen LogP contribution in [0.2, 0.25) is 0 Å². The maximum atomic E-state index is 12.9. The van der Waals surface area contributed by atoms with Crippen LogP contribution in [0.1, 0.15) is 26.2 Å². The number of benzene rings is 2. The van der Waals surface area contributed by atoms with Gasteiger partial charge in [-0.15, -0.1) is 0 Å². The summed E-state index contributed by atoms with van der Waals surface area (Å²) in [7, 11) is 0. The molecule has 2 N–H and O–H groups in total. The van der Waals surface area contributed by atoms with Crippen LogP contribution in [0.25, 0.3) is 10.2 Å². The average Bonchev–Trinajstić information content (AvgIpc) is 3.21. The van der Waals surface area contributed by atoms with Gasteiger partial charge in [-0.05, 0) is 43.2 Å². The Morgan fingerprint density at radius 3 is 2.76 bits per heavy atom. The standard InChI is InChI=1S/C24H26N4O4S/c1-16(29)25-18-9-10-20-21(14-18)33-24(26-20)27-23(31)17-6-5-12-28(15-17)22(30)11-13-32-19-7-3-2-4-8-19/h2-4,7-10,14,17H,5-6,11-13,15H2,1H3,(H,25,29)(H,26,27,31). The average molecular weight is 467 g/mol. The number of rotatable bonds is 7. The number of carbonyl (C=O) groups excluding carboxylic acids is 3. The molecule has 1 saturated heterocycles. The van der Waals surface area contributed by atoms with Crippen LogP contribution in [0.3, 0.4) is 0 Å². The SMILES string of the molecule is CC(=O)Nc1ccc2nc(NC(=O)C3CCCN(C(=O)CCOc4ccccc4)C3)sc2c1. The number of anilines is 2. The Bertz CT molecular complexity index is 1150. The number of carbonyl (C=O) groups is 3. The fourth-order valence-electron chi connectivity index (χ4n) is 3.82. The monoisotopic (exact) mass is 466 g/mol. The van der Waals surface area contributed by atoms with Crippen LogP contribution >= 0.6 is 11.3 Å². The number of piperidine rings is 1. The second kappa shape index (κ2) is 10.4. The fourth-order valence-corrected chi connectivity index (χ4v) is 4.72. The molecule has 1 fully saturated rings. The second-order valence-corrected chi connectivity index (χ2v) is 8.99. The highest BCUT2D eigenvalue weighted by Gasteiger charge is 2.28. The molecule has 0 aliphatic carbocycles. The summed E-state index contributed by atoms with van der Waals surface area (Å²) in [5, 5.41) is 6.16. The summed E-state index contributed by atoms with van der Waals surface area (Å²) >= 11 is 1.36. The molecule has 3 aromatic rings. The molecule has 3 amide bonds. The number of para-hydroxylation sites is 1. The number of nitrogens with zero attached hydrogens (tertiary/aromatic N) is 2. The molecule has 0 saturated carbocycles. The third-order valence-electron chi connectivity index (χ3n) is 5.41.